The molecule has 105 heavy (non-hydrogen) atoms. The van der Waals surface area contributed by atoms with Crippen LogP contribution in [-0.4, -0.2) is 39.0 Å². The second-order valence-corrected chi connectivity index (χ2v) is 32.7. The average molecular weight is 1420 g/mol. The Balaban J connectivity index is 0.942. The molecule has 2 aliphatic rings. The number of ether oxygens (including phenoxy) is 4. The number of aryl methyl sites for hydroxylation is 1. The third-order valence-electron chi connectivity index (χ3n) is 23.7. The van der Waals surface area contributed by atoms with Gasteiger partial charge < -0.3 is 28.7 Å². The van der Waals surface area contributed by atoms with Crippen LogP contribution in [0, 0.1) is 48.3 Å². The van der Waals surface area contributed by atoms with E-state index in [9.17, 15) is 9.59 Å². The fourth-order valence-corrected chi connectivity index (χ4v) is 17.4. The summed E-state index contributed by atoms with van der Waals surface area (Å²) in [5.74, 6) is 6.91. The minimum atomic E-state index is -0.371. The number of aldehydes is 2. The molecule has 0 aromatic heterocycles. The Morgan fingerprint density at radius 1 is 0.457 bits per heavy atom. The van der Waals surface area contributed by atoms with Gasteiger partial charge in [0.05, 0.1) is 37.6 Å². The fraction of sp³-hybridized carbons (Fsp3) is 0.485. The minimum absolute atomic E-state index is 0.00129. The van der Waals surface area contributed by atoms with E-state index >= 15 is 0 Å². The van der Waals surface area contributed by atoms with Crippen LogP contribution >= 0.6 is 0 Å². The smallest absolute Gasteiger partial charge is 0.153 e. The molecule has 1 aliphatic carbocycles. The van der Waals surface area contributed by atoms with Gasteiger partial charge in [-0.15, -0.1) is 0 Å². The summed E-state index contributed by atoms with van der Waals surface area (Å²) in [5.41, 5.74) is 16.6. The van der Waals surface area contributed by atoms with Crippen LogP contribution in [0.25, 0.3) is 11.1 Å². The summed E-state index contributed by atoms with van der Waals surface area (Å²) in [5, 5.41) is 0. The summed E-state index contributed by atoms with van der Waals surface area (Å²) in [7, 11) is 0. The highest BCUT2D eigenvalue weighted by Crippen LogP contribution is 2.69. The first-order valence-electron chi connectivity index (χ1n) is 40.8. The van der Waals surface area contributed by atoms with Gasteiger partial charge in [0.25, 0.3) is 0 Å². The predicted molar refractivity (Wildman–Crippen MR) is 442 cm³/mol. The Morgan fingerprint density at radius 2 is 0.933 bits per heavy atom. The van der Waals surface area contributed by atoms with Gasteiger partial charge in [-0.05, 0) is 224 Å². The maximum atomic E-state index is 12.9. The largest absolute Gasteiger partial charge is 0.493 e. The summed E-state index contributed by atoms with van der Waals surface area (Å²) < 4.78 is 26.9. The van der Waals surface area contributed by atoms with Gasteiger partial charge in [0.2, 0.25) is 0 Å². The van der Waals surface area contributed by atoms with Crippen LogP contribution in [0.3, 0.4) is 0 Å². The third-order valence-corrected chi connectivity index (χ3v) is 23.7. The molecule has 0 amide bonds. The molecule has 0 N–H and O–H groups in total. The number of unbranched alkanes of at least 4 members (excludes halogenated alkanes) is 2. The van der Waals surface area contributed by atoms with Crippen molar-refractivity contribution in [2.24, 2.45) is 41.4 Å². The maximum absolute atomic E-state index is 12.9. The van der Waals surface area contributed by atoms with E-state index in [2.05, 4.69) is 264 Å². The third kappa shape index (κ3) is 19.0. The molecule has 0 saturated heterocycles. The second kappa shape index (κ2) is 37.9. The number of fused-ring (bicyclic) bond motifs is 6. The van der Waals surface area contributed by atoms with Gasteiger partial charge in [0, 0.05) is 62.0 Å². The SMILES string of the molecule is CCCCCC(C)CCOc1cc(C(CC)c2ccc(N(c3ccccc3)c3ccc(-c4ccc(N(c5ccccc5)c5ccc6c(c5)C5(C)C(CCCC(C)C)CCOc7cc(C=O)c(OCCC(C)CCCC(C)C)cc7C65CC)cc4)cc3)cc2C)c(OCCC(C)CCCC(C)C)cc1C=O. The van der Waals surface area contributed by atoms with Crippen LogP contribution in [-0.2, 0) is 10.8 Å². The highest BCUT2D eigenvalue weighted by atomic mass is 16.5. The van der Waals surface area contributed by atoms with Crippen molar-refractivity contribution >= 4 is 46.7 Å². The molecular weight excluding hydrogens is 1290 g/mol. The molecule has 0 saturated carbocycles. The lowest BCUT2D eigenvalue weighted by Gasteiger charge is -2.64. The van der Waals surface area contributed by atoms with Crippen LogP contribution < -0.4 is 28.7 Å². The second-order valence-electron chi connectivity index (χ2n) is 32.7. The van der Waals surface area contributed by atoms with Crippen molar-refractivity contribution < 1.29 is 28.5 Å². The van der Waals surface area contributed by atoms with Gasteiger partial charge in [-0.3, -0.25) is 9.59 Å². The quantitative estimate of drug-likeness (QED) is 0.0277. The van der Waals surface area contributed by atoms with Crippen LogP contribution in [0.4, 0.5) is 34.1 Å². The summed E-state index contributed by atoms with van der Waals surface area (Å²) >= 11 is 0. The summed E-state index contributed by atoms with van der Waals surface area (Å²) in [6.07, 6.45) is 23.0. The minimum Gasteiger partial charge on any atom is -0.493 e. The number of hydrogen-bond acceptors (Lipinski definition) is 8. The van der Waals surface area contributed by atoms with E-state index in [0.717, 1.165) is 132 Å². The average Bonchev–Trinajstić information content (AvgIpc) is 0.661. The molecule has 8 heteroatoms. The Morgan fingerprint density at radius 3 is 1.44 bits per heavy atom. The number of rotatable bonds is 41. The van der Waals surface area contributed by atoms with E-state index in [-0.39, 0.29) is 16.7 Å². The molecule has 7 unspecified atom stereocenters. The molecule has 0 spiro atoms. The van der Waals surface area contributed by atoms with Gasteiger partial charge in [0.1, 0.15) is 23.0 Å². The van der Waals surface area contributed by atoms with Gasteiger partial charge in [-0.2, -0.15) is 0 Å². The molecule has 8 aromatic rings. The van der Waals surface area contributed by atoms with Gasteiger partial charge >= 0.3 is 0 Å². The molecule has 560 valence electrons. The molecule has 1 heterocycles. The number of anilines is 6. The van der Waals surface area contributed by atoms with Crippen LogP contribution in [0.2, 0.25) is 0 Å². The number of benzene rings is 8. The van der Waals surface area contributed by atoms with E-state index < -0.39 is 0 Å². The molecule has 1 aliphatic heterocycles. The van der Waals surface area contributed by atoms with Crippen molar-refractivity contribution in [1.29, 1.82) is 0 Å². The molecule has 7 atom stereocenters. The Bertz CT molecular complexity index is 4030. The first kappa shape index (κ1) is 79.5. The molecule has 10 rings (SSSR count). The molecule has 0 bridgehead atoms. The summed E-state index contributed by atoms with van der Waals surface area (Å²) in [4.78, 5) is 30.6. The predicted octanol–water partition coefficient (Wildman–Crippen LogP) is 27.4. The van der Waals surface area contributed by atoms with Crippen molar-refractivity contribution in [3.05, 3.63) is 214 Å². The first-order chi connectivity index (χ1) is 50.8. The van der Waals surface area contributed by atoms with E-state index in [1.807, 2.05) is 12.1 Å². The zero-order valence-corrected chi connectivity index (χ0v) is 66.5. The number of carbonyl (C=O) groups excluding carboxylic acids is 2. The van der Waals surface area contributed by atoms with Crippen molar-refractivity contribution in [2.75, 3.05) is 36.2 Å². The van der Waals surface area contributed by atoms with Gasteiger partial charge in [-0.1, -0.05) is 240 Å². The van der Waals surface area contributed by atoms with Gasteiger partial charge in [0.15, 0.2) is 12.6 Å². The normalized spacial score (nSPS) is 17.2. The summed E-state index contributed by atoms with van der Waals surface area (Å²) in [6.45, 7) is 34.9. The zero-order chi connectivity index (χ0) is 74.6. The molecule has 0 fully saturated rings. The first-order valence-corrected chi connectivity index (χ1v) is 40.8. The number of carbonyl (C=O) groups is 2. The monoisotopic (exact) mass is 1410 g/mol. The Hall–Kier alpha value is -8.10. The molecule has 8 aromatic carbocycles. The highest BCUT2D eigenvalue weighted by molar-refractivity contribution is 5.85. The van der Waals surface area contributed by atoms with Crippen molar-refractivity contribution in [3.8, 4) is 34.1 Å². The lowest BCUT2D eigenvalue weighted by Crippen LogP contribution is -2.61. The van der Waals surface area contributed by atoms with Crippen LogP contribution in [0.1, 0.15) is 272 Å². The molecule has 8 nitrogen and oxygen atoms in total. The van der Waals surface area contributed by atoms with E-state index in [1.54, 1.807) is 0 Å². The number of nitrogens with zero attached hydrogens (tertiary/aromatic N) is 2. The van der Waals surface area contributed by atoms with E-state index in [1.165, 1.54) is 92.9 Å². The highest BCUT2D eigenvalue weighted by Gasteiger charge is 2.64. The zero-order valence-electron chi connectivity index (χ0n) is 66.5. The van der Waals surface area contributed by atoms with E-state index in [4.69, 9.17) is 18.9 Å². The van der Waals surface area contributed by atoms with E-state index in [0.29, 0.717) is 90.5 Å². The number of para-hydroxylation sites is 2. The van der Waals surface area contributed by atoms with Crippen LogP contribution in [0.15, 0.2) is 170 Å². The maximum Gasteiger partial charge on any atom is 0.153 e. The Labute approximate surface area is 633 Å². The molecular formula is C97H126N2O6. The number of hydrogen-bond donors (Lipinski definition) is 0. The van der Waals surface area contributed by atoms with Crippen molar-refractivity contribution in [2.45, 2.75) is 236 Å². The lowest BCUT2D eigenvalue weighted by atomic mass is 9.39. The van der Waals surface area contributed by atoms with Crippen molar-refractivity contribution in [1.82, 2.24) is 0 Å². The molecule has 0 radical (unpaired) electrons. The van der Waals surface area contributed by atoms with Gasteiger partial charge in [-0.25, -0.2) is 0 Å². The standard InChI is InChI=1S/C97H126N2O6/c1-15-18-21-32-71(10)52-56-102-92-64-88(94(61-77(92)66-100)104-58-54-73(12)34-27-30-69(6)7)86(16-2)87-50-48-84(60-74(87)13)98(80-36-22-19-23-37-80)82-44-40-75(41-45-82)76-42-46-83(47-43-76)99(81-38-24-20-25-39-81)85-49-51-89-90(63-85)96(14)79(35-28-31-70(8)9)55-59-105-95-62-78(67-101)93(65-91(95)97(89,96)17-3)103-57-53-72(11)33-26-29-68(4)5/h19-20,22-25,36-51,60-73,79,86H,15-18,21,26-35,52-59H2,1-14H3. The van der Waals surface area contributed by atoms with Crippen molar-refractivity contribution in [3.63, 3.8) is 0 Å². The topological polar surface area (TPSA) is 77.5 Å². The summed E-state index contributed by atoms with van der Waals surface area (Å²) in [6, 6.07) is 62.0. The van der Waals surface area contributed by atoms with Crippen LogP contribution in [0.5, 0.6) is 23.0 Å². The Kier molecular flexibility index (Phi) is 28.7. The lowest BCUT2D eigenvalue weighted by molar-refractivity contribution is 0.0808. The fourth-order valence-electron chi connectivity index (χ4n) is 17.4.